The number of nitrogens with one attached hydrogen (secondary N) is 2. The molecule has 37 heavy (non-hydrogen) atoms. The summed E-state index contributed by atoms with van der Waals surface area (Å²) >= 11 is 0. The second-order valence-corrected chi connectivity index (χ2v) is 11.0. The molecule has 1 atom stereocenters. The van der Waals surface area contributed by atoms with Gasteiger partial charge in [0.1, 0.15) is 11.9 Å². The molecule has 3 heterocycles. The molecular formula is C27H34BFN4O4. The minimum Gasteiger partial charge on any atom is -0.399 e. The number of carbonyl (C=O) groups excluding carboxylic acids is 2. The quantitative estimate of drug-likeness (QED) is 0.475. The van der Waals surface area contributed by atoms with Crippen LogP contribution in [0.25, 0.3) is 0 Å². The second kappa shape index (κ2) is 9.65. The first kappa shape index (κ1) is 25.5. The van der Waals surface area contributed by atoms with Gasteiger partial charge in [-0.1, -0.05) is 12.1 Å². The largest absolute Gasteiger partial charge is 0.494 e. The molecule has 2 aromatic carbocycles. The first-order valence-electron chi connectivity index (χ1n) is 12.9. The van der Waals surface area contributed by atoms with E-state index in [9.17, 15) is 14.0 Å². The van der Waals surface area contributed by atoms with Gasteiger partial charge < -0.3 is 24.4 Å². The van der Waals surface area contributed by atoms with Crippen molar-refractivity contribution in [3.63, 3.8) is 0 Å². The van der Waals surface area contributed by atoms with E-state index in [4.69, 9.17) is 9.31 Å². The van der Waals surface area contributed by atoms with E-state index in [-0.39, 0.29) is 42.4 Å². The molecule has 2 N–H and O–H groups in total. The van der Waals surface area contributed by atoms with Gasteiger partial charge in [-0.05, 0) is 69.9 Å². The Morgan fingerprint density at radius 1 is 0.946 bits per heavy atom. The van der Waals surface area contributed by atoms with Gasteiger partial charge in [-0.15, -0.1) is 0 Å². The van der Waals surface area contributed by atoms with Crippen molar-refractivity contribution < 1.29 is 23.3 Å². The molecule has 3 aliphatic heterocycles. The van der Waals surface area contributed by atoms with Crippen LogP contribution in [0.15, 0.2) is 42.5 Å². The van der Waals surface area contributed by atoms with E-state index in [1.54, 1.807) is 12.1 Å². The minimum atomic E-state index is -0.539. The molecule has 0 aliphatic carbocycles. The fourth-order valence-electron chi connectivity index (χ4n) is 4.91. The zero-order valence-corrected chi connectivity index (χ0v) is 21.8. The number of halogens is 1. The maximum atomic E-state index is 15.0. The second-order valence-electron chi connectivity index (χ2n) is 11.0. The van der Waals surface area contributed by atoms with E-state index in [0.717, 1.165) is 24.2 Å². The molecule has 2 aromatic rings. The van der Waals surface area contributed by atoms with Crippen LogP contribution in [-0.2, 0) is 18.9 Å². The van der Waals surface area contributed by atoms with Crippen molar-refractivity contribution in [3.8, 4) is 0 Å². The number of amides is 2. The van der Waals surface area contributed by atoms with E-state index in [1.165, 1.54) is 6.07 Å². The molecule has 0 radical (unpaired) electrons. The van der Waals surface area contributed by atoms with Crippen molar-refractivity contribution in [1.82, 2.24) is 5.32 Å². The fraction of sp³-hybridized carbons (Fsp3) is 0.481. The van der Waals surface area contributed by atoms with Crippen molar-refractivity contribution >= 4 is 41.5 Å². The average molecular weight is 508 g/mol. The summed E-state index contributed by atoms with van der Waals surface area (Å²) in [7, 11) is -0.383. The Kier molecular flexibility index (Phi) is 6.66. The van der Waals surface area contributed by atoms with Gasteiger partial charge in [0.25, 0.3) is 0 Å². The Morgan fingerprint density at radius 3 is 2.16 bits per heavy atom. The van der Waals surface area contributed by atoms with Gasteiger partial charge in [-0.2, -0.15) is 0 Å². The van der Waals surface area contributed by atoms with Crippen molar-refractivity contribution in [2.24, 2.45) is 0 Å². The number of piperidine rings is 1. The van der Waals surface area contributed by atoms with Gasteiger partial charge in [0.2, 0.25) is 11.8 Å². The van der Waals surface area contributed by atoms with Crippen LogP contribution in [0.3, 0.4) is 0 Å². The lowest BCUT2D eigenvalue weighted by Gasteiger charge is -2.37. The van der Waals surface area contributed by atoms with Gasteiger partial charge >= 0.3 is 7.12 Å². The molecule has 10 heteroatoms. The average Bonchev–Trinajstić information content (AvgIpc) is 3.08. The predicted molar refractivity (Wildman–Crippen MR) is 143 cm³/mol. The van der Waals surface area contributed by atoms with Gasteiger partial charge in [0.15, 0.2) is 0 Å². The summed E-state index contributed by atoms with van der Waals surface area (Å²) < 4.78 is 27.3. The molecule has 0 bridgehead atoms. The Balaban J connectivity index is 1.17. The molecule has 3 fully saturated rings. The Morgan fingerprint density at radius 2 is 1.57 bits per heavy atom. The molecule has 5 rings (SSSR count). The third kappa shape index (κ3) is 5.17. The smallest absolute Gasteiger partial charge is 0.399 e. The zero-order valence-electron chi connectivity index (χ0n) is 21.8. The number of anilines is 3. The van der Waals surface area contributed by atoms with Gasteiger partial charge in [-0.25, -0.2) is 4.39 Å². The van der Waals surface area contributed by atoms with E-state index in [1.807, 2.05) is 32.6 Å². The molecule has 0 aromatic heterocycles. The fourth-order valence-corrected chi connectivity index (χ4v) is 4.91. The number of rotatable bonds is 5. The van der Waals surface area contributed by atoms with Crippen molar-refractivity contribution in [1.29, 1.82) is 0 Å². The first-order valence-corrected chi connectivity index (χ1v) is 12.9. The van der Waals surface area contributed by atoms with E-state index < -0.39 is 6.04 Å². The van der Waals surface area contributed by atoms with Gasteiger partial charge in [0, 0.05) is 44.0 Å². The highest BCUT2D eigenvalue weighted by molar-refractivity contribution is 6.62. The summed E-state index contributed by atoms with van der Waals surface area (Å²) in [5, 5.41) is 5.34. The summed E-state index contributed by atoms with van der Waals surface area (Å²) in [6.07, 6.45) is 0.670. The molecule has 3 saturated heterocycles. The van der Waals surface area contributed by atoms with E-state index in [2.05, 4.69) is 39.8 Å². The summed E-state index contributed by atoms with van der Waals surface area (Å²) in [6, 6.07) is 12.7. The standard InChI is InChI=1S/C27H34BFN4O4/c1-26(2)27(3,4)37-28(36-26)18-5-8-20(9-6-18)32-13-15-33(16-14-32)23-11-7-19(17-21(23)29)30-22-10-12-24(34)31-25(22)35/h5-9,11,17,22,30H,10,12-16H2,1-4H3,(H,31,34,35). The predicted octanol–water partition coefficient (Wildman–Crippen LogP) is 2.67. The normalized spacial score (nSPS) is 23.3. The van der Waals surface area contributed by atoms with Crippen LogP contribution >= 0.6 is 0 Å². The molecule has 3 aliphatic rings. The van der Waals surface area contributed by atoms with Crippen molar-refractivity contribution in [3.05, 3.63) is 48.3 Å². The third-order valence-electron chi connectivity index (χ3n) is 7.93. The van der Waals surface area contributed by atoms with E-state index in [0.29, 0.717) is 30.9 Å². The Bertz CT molecular complexity index is 1170. The van der Waals surface area contributed by atoms with Crippen LogP contribution in [0.2, 0.25) is 0 Å². The topological polar surface area (TPSA) is 83.1 Å². The lowest BCUT2D eigenvalue weighted by molar-refractivity contribution is -0.133. The highest BCUT2D eigenvalue weighted by Gasteiger charge is 2.51. The number of nitrogens with zero attached hydrogens (tertiary/aromatic N) is 2. The number of hydrogen-bond acceptors (Lipinski definition) is 7. The molecular weight excluding hydrogens is 474 g/mol. The highest BCUT2D eigenvalue weighted by Crippen LogP contribution is 2.36. The first-order chi connectivity index (χ1) is 17.5. The van der Waals surface area contributed by atoms with Gasteiger partial charge in [-0.3, -0.25) is 14.9 Å². The van der Waals surface area contributed by atoms with Crippen LogP contribution in [0, 0.1) is 5.82 Å². The summed E-state index contributed by atoms with van der Waals surface area (Å²) in [4.78, 5) is 27.6. The maximum absolute atomic E-state index is 15.0. The number of carbonyl (C=O) groups is 2. The summed E-state index contributed by atoms with van der Waals surface area (Å²) in [5.74, 6) is -0.983. The lowest BCUT2D eigenvalue weighted by Crippen LogP contribution is -2.47. The monoisotopic (exact) mass is 508 g/mol. The third-order valence-corrected chi connectivity index (χ3v) is 7.93. The molecule has 1 unspecified atom stereocenters. The number of benzene rings is 2. The van der Waals surface area contributed by atoms with Crippen LogP contribution in [0.4, 0.5) is 21.5 Å². The SMILES string of the molecule is CC1(C)OB(c2ccc(N3CCN(c4ccc(NC5CCC(=O)NC5=O)cc4F)CC3)cc2)OC1(C)C. The van der Waals surface area contributed by atoms with Crippen molar-refractivity contribution in [2.75, 3.05) is 41.3 Å². The number of hydrogen-bond donors (Lipinski definition) is 2. The molecule has 0 spiro atoms. The van der Waals surface area contributed by atoms with E-state index >= 15 is 0 Å². The molecule has 2 amide bonds. The minimum absolute atomic E-state index is 0.273. The molecule has 0 saturated carbocycles. The number of imide groups is 1. The van der Waals surface area contributed by atoms with Crippen LogP contribution in [-0.4, -0.2) is 62.4 Å². The summed E-state index contributed by atoms with van der Waals surface area (Å²) in [5.41, 5.74) is 2.43. The van der Waals surface area contributed by atoms with Crippen molar-refractivity contribution in [2.45, 2.75) is 57.8 Å². The van der Waals surface area contributed by atoms with Gasteiger partial charge in [0.05, 0.1) is 16.9 Å². The molecule has 8 nitrogen and oxygen atoms in total. The summed E-state index contributed by atoms with van der Waals surface area (Å²) in [6.45, 7) is 11.1. The highest BCUT2D eigenvalue weighted by atomic mass is 19.1. The van der Waals surface area contributed by atoms with Crippen LogP contribution in [0.5, 0.6) is 0 Å². The lowest BCUT2D eigenvalue weighted by atomic mass is 9.79. The maximum Gasteiger partial charge on any atom is 0.494 e. The Labute approximate surface area is 217 Å². The van der Waals surface area contributed by atoms with Crippen LogP contribution in [0.1, 0.15) is 40.5 Å². The van der Waals surface area contributed by atoms with Crippen LogP contribution < -0.4 is 25.9 Å². The molecule has 196 valence electrons. The zero-order chi connectivity index (χ0) is 26.4. The Hall–Kier alpha value is -3.11. The number of piperazine rings is 1.